The van der Waals surface area contributed by atoms with Crippen LogP contribution in [0.2, 0.25) is 5.02 Å². The second kappa shape index (κ2) is 14.0. The molecule has 2 amide bonds. The van der Waals surface area contributed by atoms with Gasteiger partial charge in [-0.25, -0.2) is 8.42 Å². The van der Waals surface area contributed by atoms with Crippen molar-refractivity contribution in [3.05, 3.63) is 93.9 Å². The molecule has 7 nitrogen and oxygen atoms in total. The number of amides is 2. The fraction of sp³-hybridized carbons (Fsp3) is 0.310. The maximum atomic E-state index is 14.0. The van der Waals surface area contributed by atoms with E-state index in [4.69, 9.17) is 11.6 Å². The smallest absolute Gasteiger partial charge is 0.264 e. The van der Waals surface area contributed by atoms with Gasteiger partial charge in [0.1, 0.15) is 12.6 Å². The first-order valence-electron chi connectivity index (χ1n) is 12.7. The Morgan fingerprint density at radius 3 is 2.26 bits per heavy atom. The van der Waals surface area contributed by atoms with Crippen molar-refractivity contribution in [1.29, 1.82) is 0 Å². The minimum atomic E-state index is -4.12. The standard InChI is InChI=1S/C29H33BrClN3O4S/c1-4-27(29(36)32-18-21(2)3)33(19-22-11-8-9-16-26(22)31)28(35)20-34(24-13-10-12-23(30)17-24)39(37,38)25-14-6-5-7-15-25/h5-17,21,27H,4,18-20H2,1-3H3,(H,32,36)/t27-/m0/s1. The Balaban J connectivity index is 2.05. The van der Waals surface area contributed by atoms with Crippen LogP contribution < -0.4 is 9.62 Å². The lowest BCUT2D eigenvalue weighted by Gasteiger charge is -2.33. The van der Waals surface area contributed by atoms with E-state index in [1.54, 1.807) is 66.7 Å². The predicted molar refractivity (Wildman–Crippen MR) is 159 cm³/mol. The molecule has 208 valence electrons. The van der Waals surface area contributed by atoms with Crippen LogP contribution in [0, 0.1) is 5.92 Å². The zero-order valence-electron chi connectivity index (χ0n) is 22.2. The monoisotopic (exact) mass is 633 g/mol. The Kier molecular flexibility index (Phi) is 11.0. The van der Waals surface area contributed by atoms with Crippen molar-refractivity contribution in [3.8, 4) is 0 Å². The zero-order valence-corrected chi connectivity index (χ0v) is 25.3. The molecular weight excluding hydrogens is 602 g/mol. The van der Waals surface area contributed by atoms with Crippen LogP contribution in [0.3, 0.4) is 0 Å². The number of nitrogens with zero attached hydrogens (tertiary/aromatic N) is 2. The molecule has 39 heavy (non-hydrogen) atoms. The van der Waals surface area contributed by atoms with Gasteiger partial charge in [0.2, 0.25) is 11.8 Å². The summed E-state index contributed by atoms with van der Waals surface area (Å²) in [6.07, 6.45) is 0.336. The summed E-state index contributed by atoms with van der Waals surface area (Å²) in [4.78, 5) is 28.7. The molecule has 0 saturated carbocycles. The van der Waals surface area contributed by atoms with E-state index in [0.29, 0.717) is 33.7 Å². The van der Waals surface area contributed by atoms with Gasteiger partial charge in [-0.2, -0.15) is 0 Å². The van der Waals surface area contributed by atoms with Gasteiger partial charge in [-0.3, -0.25) is 13.9 Å². The molecule has 0 aliphatic rings. The number of carbonyl (C=O) groups excluding carboxylic acids is 2. The number of rotatable bonds is 12. The summed E-state index contributed by atoms with van der Waals surface area (Å²) in [6.45, 7) is 5.78. The summed E-state index contributed by atoms with van der Waals surface area (Å²) in [6, 6.07) is 21.0. The van der Waals surface area contributed by atoms with E-state index in [9.17, 15) is 18.0 Å². The molecule has 0 radical (unpaired) electrons. The van der Waals surface area contributed by atoms with Crippen LogP contribution in [0.25, 0.3) is 0 Å². The van der Waals surface area contributed by atoms with E-state index in [1.807, 2.05) is 20.8 Å². The molecule has 3 aromatic rings. The van der Waals surface area contributed by atoms with Gasteiger partial charge in [0.05, 0.1) is 10.6 Å². The summed E-state index contributed by atoms with van der Waals surface area (Å²) < 4.78 is 29.3. The summed E-state index contributed by atoms with van der Waals surface area (Å²) >= 11 is 9.82. The van der Waals surface area contributed by atoms with Crippen molar-refractivity contribution in [2.45, 2.75) is 44.7 Å². The Labute approximate surface area is 244 Å². The van der Waals surface area contributed by atoms with Crippen LogP contribution in [0.4, 0.5) is 5.69 Å². The van der Waals surface area contributed by atoms with Gasteiger partial charge in [-0.1, -0.05) is 90.8 Å². The Hall–Kier alpha value is -2.88. The first-order chi connectivity index (χ1) is 18.5. The van der Waals surface area contributed by atoms with Crippen molar-refractivity contribution in [2.75, 3.05) is 17.4 Å². The molecule has 0 aliphatic carbocycles. The highest BCUT2D eigenvalue weighted by molar-refractivity contribution is 9.10. The largest absolute Gasteiger partial charge is 0.354 e. The molecule has 0 aromatic heterocycles. The third kappa shape index (κ3) is 8.06. The predicted octanol–water partition coefficient (Wildman–Crippen LogP) is 5.88. The summed E-state index contributed by atoms with van der Waals surface area (Å²) in [5, 5.41) is 3.37. The molecule has 0 bridgehead atoms. The highest BCUT2D eigenvalue weighted by atomic mass is 79.9. The van der Waals surface area contributed by atoms with Crippen LogP contribution >= 0.6 is 27.5 Å². The number of carbonyl (C=O) groups is 2. The highest BCUT2D eigenvalue weighted by Gasteiger charge is 2.34. The van der Waals surface area contributed by atoms with E-state index >= 15 is 0 Å². The van der Waals surface area contributed by atoms with Gasteiger partial charge < -0.3 is 10.2 Å². The van der Waals surface area contributed by atoms with E-state index in [1.165, 1.54) is 17.0 Å². The topological polar surface area (TPSA) is 86.8 Å². The minimum Gasteiger partial charge on any atom is -0.354 e. The van der Waals surface area contributed by atoms with E-state index in [0.717, 1.165) is 4.31 Å². The summed E-state index contributed by atoms with van der Waals surface area (Å²) in [5.41, 5.74) is 0.971. The van der Waals surface area contributed by atoms with E-state index in [2.05, 4.69) is 21.2 Å². The van der Waals surface area contributed by atoms with Crippen LogP contribution in [0.15, 0.2) is 88.2 Å². The van der Waals surface area contributed by atoms with Crippen molar-refractivity contribution >= 4 is 55.1 Å². The second-order valence-electron chi connectivity index (χ2n) is 9.48. The Morgan fingerprint density at radius 2 is 1.64 bits per heavy atom. The molecule has 0 fully saturated rings. The number of halogens is 2. The van der Waals surface area contributed by atoms with Crippen molar-refractivity contribution < 1.29 is 18.0 Å². The third-order valence-electron chi connectivity index (χ3n) is 6.08. The fourth-order valence-corrected chi connectivity index (χ4v) is 6.04. The lowest BCUT2D eigenvalue weighted by Crippen LogP contribution is -2.52. The van der Waals surface area contributed by atoms with Crippen molar-refractivity contribution in [2.24, 2.45) is 5.92 Å². The molecular formula is C29H33BrClN3O4S. The van der Waals surface area contributed by atoms with Crippen LogP contribution in [0.5, 0.6) is 0 Å². The average Bonchev–Trinajstić information content (AvgIpc) is 2.91. The molecule has 10 heteroatoms. The van der Waals surface area contributed by atoms with Crippen molar-refractivity contribution in [1.82, 2.24) is 10.2 Å². The molecule has 3 aromatic carbocycles. The fourth-order valence-electron chi connectivity index (χ4n) is 4.03. The molecule has 1 N–H and O–H groups in total. The Bertz CT molecular complexity index is 1390. The zero-order chi connectivity index (χ0) is 28.6. The number of nitrogens with one attached hydrogen (secondary N) is 1. The van der Waals surface area contributed by atoms with E-state index in [-0.39, 0.29) is 23.3 Å². The lowest BCUT2D eigenvalue weighted by atomic mass is 10.1. The maximum absolute atomic E-state index is 14.0. The number of anilines is 1. The molecule has 0 aliphatic heterocycles. The third-order valence-corrected chi connectivity index (χ3v) is 8.73. The van der Waals surface area contributed by atoms with Gasteiger partial charge in [-0.15, -0.1) is 0 Å². The summed E-state index contributed by atoms with van der Waals surface area (Å²) in [5.74, 6) is -0.602. The van der Waals surface area contributed by atoms with Crippen LogP contribution in [-0.2, 0) is 26.2 Å². The first kappa shape index (κ1) is 30.7. The van der Waals surface area contributed by atoms with Gasteiger partial charge in [0, 0.05) is 22.6 Å². The molecule has 0 heterocycles. The van der Waals surface area contributed by atoms with Gasteiger partial charge >= 0.3 is 0 Å². The highest BCUT2D eigenvalue weighted by Crippen LogP contribution is 2.27. The lowest BCUT2D eigenvalue weighted by molar-refractivity contribution is -0.140. The molecule has 0 spiro atoms. The van der Waals surface area contributed by atoms with Crippen LogP contribution in [0.1, 0.15) is 32.8 Å². The SMILES string of the molecule is CC[C@@H](C(=O)NCC(C)C)N(Cc1ccccc1Cl)C(=O)CN(c1cccc(Br)c1)S(=O)(=O)c1ccccc1. The number of sulfonamides is 1. The summed E-state index contributed by atoms with van der Waals surface area (Å²) in [7, 11) is -4.12. The number of benzene rings is 3. The van der Waals surface area contributed by atoms with Gasteiger partial charge in [0.15, 0.2) is 0 Å². The Morgan fingerprint density at radius 1 is 0.974 bits per heavy atom. The number of hydrogen-bond donors (Lipinski definition) is 1. The quantitative estimate of drug-likeness (QED) is 0.270. The second-order valence-corrected chi connectivity index (χ2v) is 12.7. The molecule has 3 rings (SSSR count). The average molecular weight is 635 g/mol. The van der Waals surface area contributed by atoms with Gasteiger partial charge in [-0.05, 0) is 54.3 Å². The molecule has 1 atom stereocenters. The minimum absolute atomic E-state index is 0.0455. The van der Waals surface area contributed by atoms with Crippen molar-refractivity contribution in [3.63, 3.8) is 0 Å². The maximum Gasteiger partial charge on any atom is 0.264 e. The first-order valence-corrected chi connectivity index (χ1v) is 15.3. The number of hydrogen-bond acceptors (Lipinski definition) is 4. The molecule has 0 saturated heterocycles. The normalized spacial score (nSPS) is 12.2. The molecule has 0 unspecified atom stereocenters. The van der Waals surface area contributed by atoms with Gasteiger partial charge in [0.25, 0.3) is 10.0 Å². The van der Waals surface area contributed by atoms with Crippen LogP contribution in [-0.4, -0.2) is 44.3 Å². The van der Waals surface area contributed by atoms with E-state index < -0.39 is 28.5 Å².